The molecule has 1 aliphatic rings. The summed E-state index contributed by atoms with van der Waals surface area (Å²) in [6.45, 7) is 1.37. The molecular weight excluding hydrogens is 336 g/mol. The van der Waals surface area contributed by atoms with Crippen LogP contribution in [-0.2, 0) is 28.6 Å². The molecule has 1 aromatic carbocycles. The monoisotopic (exact) mass is 360 g/mol. The van der Waals surface area contributed by atoms with Gasteiger partial charge in [-0.2, -0.15) is 0 Å². The van der Waals surface area contributed by atoms with E-state index >= 15 is 0 Å². The van der Waals surface area contributed by atoms with Gasteiger partial charge < -0.3 is 14.2 Å². The van der Waals surface area contributed by atoms with Gasteiger partial charge in [-0.25, -0.2) is 0 Å². The molecule has 140 valence electrons. The smallest absolute Gasteiger partial charge is 0.309 e. The lowest BCUT2D eigenvalue weighted by Crippen LogP contribution is -2.34. The summed E-state index contributed by atoms with van der Waals surface area (Å²) in [6.07, 6.45) is 2.72. The molecule has 3 atom stereocenters. The molecule has 1 aliphatic carbocycles. The lowest BCUT2D eigenvalue weighted by atomic mass is 9.78. The molecule has 1 aromatic rings. The zero-order valence-corrected chi connectivity index (χ0v) is 15.3. The molecule has 0 bridgehead atoms. The van der Waals surface area contributed by atoms with Gasteiger partial charge in [0.1, 0.15) is 6.10 Å². The molecule has 0 saturated carbocycles. The number of methoxy groups -OCH3 is 2. The Labute approximate surface area is 153 Å². The molecular formula is C20H24O6. The Kier molecular flexibility index (Phi) is 6.95. The van der Waals surface area contributed by atoms with Crippen LogP contribution in [0.1, 0.15) is 37.9 Å². The first kappa shape index (κ1) is 19.7. The summed E-state index contributed by atoms with van der Waals surface area (Å²) in [6, 6.07) is 9.44. The minimum Gasteiger partial charge on any atom is -0.469 e. The van der Waals surface area contributed by atoms with Crippen LogP contribution in [0.4, 0.5) is 0 Å². The third-order valence-electron chi connectivity index (χ3n) is 4.56. The highest BCUT2D eigenvalue weighted by molar-refractivity contribution is 5.82. The van der Waals surface area contributed by atoms with Crippen LogP contribution in [0.5, 0.6) is 0 Å². The summed E-state index contributed by atoms with van der Waals surface area (Å²) in [5.74, 6) is -2.38. The van der Waals surface area contributed by atoms with Crippen molar-refractivity contribution >= 4 is 17.9 Å². The van der Waals surface area contributed by atoms with Gasteiger partial charge >= 0.3 is 17.9 Å². The third-order valence-corrected chi connectivity index (χ3v) is 4.56. The molecule has 0 radical (unpaired) electrons. The molecule has 0 saturated heterocycles. The van der Waals surface area contributed by atoms with E-state index in [4.69, 9.17) is 14.2 Å². The van der Waals surface area contributed by atoms with Gasteiger partial charge in [-0.3, -0.25) is 14.4 Å². The van der Waals surface area contributed by atoms with Gasteiger partial charge in [-0.05, 0) is 18.4 Å². The topological polar surface area (TPSA) is 78.9 Å². The maximum atomic E-state index is 12.1. The van der Waals surface area contributed by atoms with Crippen molar-refractivity contribution in [3.63, 3.8) is 0 Å². The number of carbonyl (C=O) groups is 3. The van der Waals surface area contributed by atoms with E-state index in [0.717, 1.165) is 11.1 Å². The summed E-state index contributed by atoms with van der Waals surface area (Å²) in [7, 11) is 2.61. The number of allylic oxidation sites excluding steroid dienone is 1. The van der Waals surface area contributed by atoms with Crippen LogP contribution >= 0.6 is 0 Å². The van der Waals surface area contributed by atoms with Crippen LogP contribution < -0.4 is 0 Å². The molecule has 0 spiro atoms. The first-order chi connectivity index (χ1) is 12.5. The zero-order chi connectivity index (χ0) is 19.1. The Morgan fingerprint density at radius 1 is 1.04 bits per heavy atom. The molecule has 1 unspecified atom stereocenters. The lowest BCUT2D eigenvalue weighted by molar-refractivity contribution is -0.157. The average molecular weight is 360 g/mol. The maximum Gasteiger partial charge on any atom is 0.309 e. The molecule has 0 aliphatic heterocycles. The third kappa shape index (κ3) is 4.94. The number of esters is 3. The first-order valence-corrected chi connectivity index (χ1v) is 8.52. The Bertz CT molecular complexity index is 679. The van der Waals surface area contributed by atoms with Crippen LogP contribution in [0.15, 0.2) is 42.0 Å². The fourth-order valence-electron chi connectivity index (χ4n) is 3.28. The largest absolute Gasteiger partial charge is 0.469 e. The summed E-state index contributed by atoms with van der Waals surface area (Å²) in [4.78, 5) is 35.6. The standard InChI is InChI=1S/C20H24O6/c1-13(21)26-18(15-7-5-4-6-8-15)12-14-9-10-16(19(22)24-2)17(11-14)20(23)25-3/h4-9,16-18H,10-12H2,1-3H3/t16-,17-,18?/m0/s1. The number of hydrogen-bond acceptors (Lipinski definition) is 6. The second-order valence-electron chi connectivity index (χ2n) is 6.27. The predicted molar refractivity (Wildman–Crippen MR) is 93.9 cm³/mol. The van der Waals surface area contributed by atoms with E-state index in [0.29, 0.717) is 19.3 Å². The Hall–Kier alpha value is -2.63. The van der Waals surface area contributed by atoms with Crippen molar-refractivity contribution in [2.45, 2.75) is 32.3 Å². The van der Waals surface area contributed by atoms with Gasteiger partial charge in [0.15, 0.2) is 0 Å². The van der Waals surface area contributed by atoms with E-state index in [-0.39, 0.29) is 5.97 Å². The van der Waals surface area contributed by atoms with Gasteiger partial charge in [0.25, 0.3) is 0 Å². The van der Waals surface area contributed by atoms with E-state index < -0.39 is 29.9 Å². The first-order valence-electron chi connectivity index (χ1n) is 8.52. The van der Waals surface area contributed by atoms with Gasteiger partial charge in [0.2, 0.25) is 0 Å². The van der Waals surface area contributed by atoms with Crippen molar-refractivity contribution in [1.82, 2.24) is 0 Å². The summed E-state index contributed by atoms with van der Waals surface area (Å²) in [5.41, 5.74) is 1.84. The highest BCUT2D eigenvalue weighted by Crippen LogP contribution is 2.36. The van der Waals surface area contributed by atoms with Gasteiger partial charge in [-0.1, -0.05) is 42.0 Å². The van der Waals surface area contributed by atoms with Crippen LogP contribution in [0.3, 0.4) is 0 Å². The van der Waals surface area contributed by atoms with Gasteiger partial charge in [0.05, 0.1) is 26.1 Å². The van der Waals surface area contributed by atoms with Crippen LogP contribution in [-0.4, -0.2) is 32.1 Å². The summed E-state index contributed by atoms with van der Waals surface area (Å²) in [5, 5.41) is 0. The van der Waals surface area contributed by atoms with E-state index in [1.807, 2.05) is 36.4 Å². The molecule has 26 heavy (non-hydrogen) atoms. The highest BCUT2D eigenvalue weighted by Gasteiger charge is 2.38. The summed E-state index contributed by atoms with van der Waals surface area (Å²) >= 11 is 0. The van der Waals surface area contributed by atoms with E-state index in [9.17, 15) is 14.4 Å². The maximum absolute atomic E-state index is 12.1. The molecule has 0 fully saturated rings. The number of rotatable bonds is 6. The highest BCUT2D eigenvalue weighted by atomic mass is 16.5. The number of ether oxygens (including phenoxy) is 3. The SMILES string of the molecule is COC(=O)[C@H]1CC=C(CC(OC(C)=O)c2ccccc2)C[C@@H]1C(=O)OC. The Morgan fingerprint density at radius 3 is 2.23 bits per heavy atom. The second kappa shape index (κ2) is 9.17. The molecule has 2 rings (SSSR count). The van der Waals surface area contributed by atoms with Crippen molar-refractivity contribution in [2.75, 3.05) is 14.2 Å². The lowest BCUT2D eigenvalue weighted by Gasteiger charge is -2.29. The van der Waals surface area contributed by atoms with E-state index in [1.165, 1.54) is 21.1 Å². The molecule has 0 N–H and O–H groups in total. The van der Waals surface area contributed by atoms with Crippen LogP contribution in [0.25, 0.3) is 0 Å². The average Bonchev–Trinajstić information content (AvgIpc) is 2.66. The normalized spacial score (nSPS) is 20.5. The fraction of sp³-hybridized carbons (Fsp3) is 0.450. The Morgan fingerprint density at radius 2 is 1.65 bits per heavy atom. The predicted octanol–water partition coefficient (Wildman–Crippen LogP) is 2.98. The van der Waals surface area contributed by atoms with Crippen molar-refractivity contribution < 1.29 is 28.6 Å². The summed E-state index contributed by atoms with van der Waals surface area (Å²) < 4.78 is 15.1. The molecule has 6 heteroatoms. The van der Waals surface area contributed by atoms with Crippen molar-refractivity contribution in [1.29, 1.82) is 0 Å². The van der Waals surface area contributed by atoms with Crippen molar-refractivity contribution in [3.05, 3.63) is 47.5 Å². The second-order valence-corrected chi connectivity index (χ2v) is 6.27. The van der Waals surface area contributed by atoms with E-state index in [1.54, 1.807) is 0 Å². The molecule has 6 nitrogen and oxygen atoms in total. The Balaban J connectivity index is 2.20. The van der Waals surface area contributed by atoms with Gasteiger partial charge in [0, 0.05) is 13.3 Å². The van der Waals surface area contributed by atoms with Crippen LogP contribution in [0, 0.1) is 11.8 Å². The minimum atomic E-state index is -0.596. The number of benzene rings is 1. The minimum absolute atomic E-state index is 0.368. The number of carbonyl (C=O) groups excluding carboxylic acids is 3. The van der Waals surface area contributed by atoms with Crippen molar-refractivity contribution in [2.24, 2.45) is 11.8 Å². The quantitative estimate of drug-likeness (QED) is 0.441. The molecule has 0 amide bonds. The van der Waals surface area contributed by atoms with E-state index in [2.05, 4.69) is 0 Å². The fourth-order valence-corrected chi connectivity index (χ4v) is 3.28. The molecule has 0 heterocycles. The van der Waals surface area contributed by atoms with Gasteiger partial charge in [-0.15, -0.1) is 0 Å². The van der Waals surface area contributed by atoms with Crippen molar-refractivity contribution in [3.8, 4) is 0 Å². The number of hydrogen-bond donors (Lipinski definition) is 0. The molecule has 0 aromatic heterocycles. The van der Waals surface area contributed by atoms with Crippen LogP contribution in [0.2, 0.25) is 0 Å². The zero-order valence-electron chi connectivity index (χ0n) is 15.3.